The van der Waals surface area contributed by atoms with Crippen LogP contribution in [0.2, 0.25) is 0 Å². The van der Waals surface area contributed by atoms with Crippen LogP contribution in [0.15, 0.2) is 48.5 Å². The zero-order chi connectivity index (χ0) is 19.3. The Bertz CT molecular complexity index is 800. The van der Waals surface area contributed by atoms with Crippen molar-refractivity contribution in [2.24, 2.45) is 0 Å². The second-order valence-corrected chi connectivity index (χ2v) is 7.67. The van der Waals surface area contributed by atoms with Gasteiger partial charge in [0.1, 0.15) is 0 Å². The average molecular weight is 380 g/mol. The fourth-order valence-electron chi connectivity index (χ4n) is 4.13. The second-order valence-electron chi connectivity index (χ2n) is 7.67. The van der Waals surface area contributed by atoms with Gasteiger partial charge in [-0.2, -0.15) is 0 Å². The molecular weight excluding hydrogens is 350 g/mol. The van der Waals surface area contributed by atoms with Crippen LogP contribution in [0.4, 0.5) is 11.4 Å². The Morgan fingerprint density at radius 2 is 1.86 bits per heavy atom. The summed E-state index contributed by atoms with van der Waals surface area (Å²) in [5, 5.41) is 6.56. The molecule has 1 aliphatic carbocycles. The van der Waals surface area contributed by atoms with Gasteiger partial charge in [0, 0.05) is 30.5 Å². The Morgan fingerprint density at radius 3 is 2.64 bits per heavy atom. The lowest BCUT2D eigenvalue weighted by molar-refractivity contribution is -0.118. The number of carbonyl (C=O) groups excluding carboxylic acids is 1. The van der Waals surface area contributed by atoms with Crippen LogP contribution in [-0.4, -0.2) is 38.3 Å². The summed E-state index contributed by atoms with van der Waals surface area (Å²) in [7, 11) is 0. The van der Waals surface area contributed by atoms with Crippen molar-refractivity contribution in [3.63, 3.8) is 0 Å². The van der Waals surface area contributed by atoms with Crippen molar-refractivity contribution in [1.29, 1.82) is 0 Å². The van der Waals surface area contributed by atoms with Crippen LogP contribution in [0.3, 0.4) is 0 Å². The third-order valence-corrected chi connectivity index (χ3v) is 5.72. The third kappa shape index (κ3) is 4.37. The second kappa shape index (κ2) is 8.76. The van der Waals surface area contributed by atoms with Gasteiger partial charge < -0.3 is 15.0 Å². The average Bonchev–Trinajstić information content (AvgIpc) is 2.75. The van der Waals surface area contributed by atoms with E-state index in [0.29, 0.717) is 0 Å². The number of amides is 1. The molecule has 2 atom stereocenters. The van der Waals surface area contributed by atoms with E-state index in [1.54, 1.807) is 0 Å². The molecule has 5 nitrogen and oxygen atoms in total. The monoisotopic (exact) mass is 379 g/mol. The van der Waals surface area contributed by atoms with Gasteiger partial charge in [-0.05, 0) is 61.6 Å². The van der Waals surface area contributed by atoms with E-state index < -0.39 is 0 Å². The Labute approximate surface area is 167 Å². The first-order chi connectivity index (χ1) is 13.7. The van der Waals surface area contributed by atoms with Crippen molar-refractivity contribution in [3.05, 3.63) is 59.7 Å². The standard InChI is InChI=1S/C23H29N3O2/c1-17(24-22-8-4-6-18-5-2-3-7-21(18)22)23(27)25-19-9-11-20(12-10-19)26-13-15-28-16-14-26/h2-3,5,7,9-12,17,22,24H,4,6,8,13-16H2,1H3,(H,25,27)/t17-,22+/m0/s1. The maximum absolute atomic E-state index is 12.7. The lowest BCUT2D eigenvalue weighted by Gasteiger charge is -2.29. The zero-order valence-electron chi connectivity index (χ0n) is 16.5. The summed E-state index contributed by atoms with van der Waals surface area (Å²) >= 11 is 0. The van der Waals surface area contributed by atoms with Crippen LogP contribution in [0.5, 0.6) is 0 Å². The molecule has 0 radical (unpaired) electrons. The topological polar surface area (TPSA) is 53.6 Å². The van der Waals surface area contributed by atoms with Crippen LogP contribution in [-0.2, 0) is 16.0 Å². The summed E-state index contributed by atoms with van der Waals surface area (Å²) in [6.07, 6.45) is 3.36. The number of nitrogens with one attached hydrogen (secondary N) is 2. The van der Waals surface area contributed by atoms with Gasteiger partial charge in [-0.3, -0.25) is 10.1 Å². The highest BCUT2D eigenvalue weighted by atomic mass is 16.5. The Kier molecular flexibility index (Phi) is 5.93. The van der Waals surface area contributed by atoms with Crippen LogP contribution in [0.25, 0.3) is 0 Å². The first-order valence-electron chi connectivity index (χ1n) is 10.3. The summed E-state index contributed by atoms with van der Waals surface area (Å²) in [6, 6.07) is 16.6. The van der Waals surface area contributed by atoms with Crippen molar-refractivity contribution in [3.8, 4) is 0 Å². The Hall–Kier alpha value is -2.37. The van der Waals surface area contributed by atoms with Gasteiger partial charge in [0.15, 0.2) is 0 Å². The lowest BCUT2D eigenvalue weighted by atomic mass is 9.87. The van der Waals surface area contributed by atoms with Gasteiger partial charge in [-0.25, -0.2) is 0 Å². The summed E-state index contributed by atoms with van der Waals surface area (Å²) in [6.45, 7) is 5.30. The summed E-state index contributed by atoms with van der Waals surface area (Å²) in [4.78, 5) is 15.0. The lowest BCUT2D eigenvalue weighted by Crippen LogP contribution is -2.41. The largest absolute Gasteiger partial charge is 0.378 e. The van der Waals surface area contributed by atoms with Crippen molar-refractivity contribution < 1.29 is 9.53 Å². The van der Waals surface area contributed by atoms with E-state index in [-0.39, 0.29) is 18.0 Å². The number of ether oxygens (including phenoxy) is 1. The number of benzene rings is 2. The first kappa shape index (κ1) is 19.0. The number of nitrogens with zero attached hydrogens (tertiary/aromatic N) is 1. The number of rotatable bonds is 5. The zero-order valence-corrected chi connectivity index (χ0v) is 16.5. The molecule has 1 fully saturated rings. The SMILES string of the molecule is C[C@H](N[C@@H]1CCCc2ccccc21)C(=O)Nc1ccc(N2CCOCC2)cc1. The molecule has 0 saturated carbocycles. The van der Waals surface area contributed by atoms with Crippen LogP contribution in [0.1, 0.15) is 36.9 Å². The molecule has 0 bridgehead atoms. The van der Waals surface area contributed by atoms with Gasteiger partial charge in [0.2, 0.25) is 5.91 Å². The number of carbonyl (C=O) groups is 1. The maximum Gasteiger partial charge on any atom is 0.241 e. The fourth-order valence-corrected chi connectivity index (χ4v) is 4.13. The van der Waals surface area contributed by atoms with Crippen LogP contribution >= 0.6 is 0 Å². The molecule has 2 N–H and O–H groups in total. The minimum Gasteiger partial charge on any atom is -0.378 e. The molecule has 2 aromatic carbocycles. The van der Waals surface area contributed by atoms with Crippen molar-refractivity contribution in [1.82, 2.24) is 5.32 Å². The summed E-state index contributed by atoms with van der Waals surface area (Å²) in [5.41, 5.74) is 4.74. The normalized spacial score (nSPS) is 20.3. The molecule has 0 spiro atoms. The minimum atomic E-state index is -0.255. The molecule has 2 aromatic rings. The number of aryl methyl sites for hydroxylation is 1. The highest BCUT2D eigenvalue weighted by molar-refractivity contribution is 5.94. The van der Waals surface area contributed by atoms with Crippen LogP contribution in [0, 0.1) is 0 Å². The molecule has 1 aliphatic heterocycles. The molecule has 2 aliphatic rings. The molecule has 28 heavy (non-hydrogen) atoms. The van der Waals surface area contributed by atoms with E-state index in [2.05, 4.69) is 51.9 Å². The fraction of sp³-hybridized carbons (Fsp3) is 0.435. The van der Waals surface area contributed by atoms with Gasteiger partial charge in [-0.1, -0.05) is 24.3 Å². The van der Waals surface area contributed by atoms with Gasteiger partial charge in [0.25, 0.3) is 0 Å². The van der Waals surface area contributed by atoms with E-state index in [1.807, 2.05) is 19.1 Å². The molecule has 5 heteroatoms. The number of morpholine rings is 1. The molecule has 1 saturated heterocycles. The van der Waals surface area contributed by atoms with E-state index >= 15 is 0 Å². The number of hydrogen-bond acceptors (Lipinski definition) is 4. The van der Waals surface area contributed by atoms with Gasteiger partial charge in [-0.15, -0.1) is 0 Å². The predicted octanol–water partition coefficient (Wildman–Crippen LogP) is 3.52. The van der Waals surface area contributed by atoms with Gasteiger partial charge in [0.05, 0.1) is 19.3 Å². The van der Waals surface area contributed by atoms with E-state index in [1.165, 1.54) is 16.8 Å². The Morgan fingerprint density at radius 1 is 1.11 bits per heavy atom. The van der Waals surface area contributed by atoms with Crippen molar-refractivity contribution in [2.45, 2.75) is 38.3 Å². The highest BCUT2D eigenvalue weighted by Gasteiger charge is 2.23. The predicted molar refractivity (Wildman–Crippen MR) is 113 cm³/mol. The molecular formula is C23H29N3O2. The number of hydrogen-bond donors (Lipinski definition) is 2. The van der Waals surface area contributed by atoms with Crippen molar-refractivity contribution >= 4 is 17.3 Å². The minimum absolute atomic E-state index is 0.00202. The Balaban J connectivity index is 1.34. The third-order valence-electron chi connectivity index (χ3n) is 5.72. The summed E-state index contributed by atoms with van der Waals surface area (Å²) < 4.78 is 5.40. The highest BCUT2D eigenvalue weighted by Crippen LogP contribution is 2.29. The van der Waals surface area contributed by atoms with E-state index in [4.69, 9.17) is 4.74 Å². The quantitative estimate of drug-likeness (QED) is 0.835. The smallest absolute Gasteiger partial charge is 0.241 e. The number of anilines is 2. The van der Waals surface area contributed by atoms with E-state index in [0.717, 1.165) is 51.3 Å². The van der Waals surface area contributed by atoms with Gasteiger partial charge >= 0.3 is 0 Å². The molecule has 1 amide bonds. The number of fused-ring (bicyclic) bond motifs is 1. The van der Waals surface area contributed by atoms with E-state index in [9.17, 15) is 4.79 Å². The molecule has 1 heterocycles. The van der Waals surface area contributed by atoms with Crippen molar-refractivity contribution in [2.75, 3.05) is 36.5 Å². The molecule has 148 valence electrons. The first-order valence-corrected chi connectivity index (χ1v) is 10.3. The molecule has 4 rings (SSSR count). The molecule has 0 aromatic heterocycles. The molecule has 0 unspecified atom stereocenters. The summed E-state index contributed by atoms with van der Waals surface area (Å²) in [5.74, 6) is 0.00202. The van der Waals surface area contributed by atoms with Crippen LogP contribution < -0.4 is 15.5 Å². The maximum atomic E-state index is 12.7.